The van der Waals surface area contributed by atoms with Gasteiger partial charge < -0.3 is 14.6 Å². The fourth-order valence-corrected chi connectivity index (χ4v) is 4.38. The molecule has 0 aliphatic carbocycles. The van der Waals surface area contributed by atoms with E-state index in [-0.39, 0.29) is 24.1 Å². The number of anilines is 1. The number of hydrogen-bond acceptors (Lipinski definition) is 6. The van der Waals surface area contributed by atoms with Gasteiger partial charge >= 0.3 is 5.97 Å². The molecular weight excluding hydrogens is 384 g/mol. The second kappa shape index (κ2) is 8.53. The number of aromatic nitrogens is 2. The highest BCUT2D eigenvalue weighted by Gasteiger charge is 2.29. The Kier molecular flexibility index (Phi) is 6.10. The van der Waals surface area contributed by atoms with Crippen LogP contribution in [0, 0.1) is 0 Å². The number of hydrogen-bond donors (Lipinski definition) is 1. The third-order valence-corrected chi connectivity index (χ3v) is 6.05. The fraction of sp³-hybridized carbons (Fsp3) is 0.389. The lowest BCUT2D eigenvalue weighted by Gasteiger charge is -2.12. The Bertz CT molecular complexity index is 964. The van der Waals surface area contributed by atoms with E-state index in [4.69, 9.17) is 4.74 Å². The molecule has 1 aliphatic heterocycles. The summed E-state index contributed by atoms with van der Waals surface area (Å²) in [4.78, 5) is 28.0. The minimum Gasteiger partial charge on any atom is -0.462 e. The summed E-state index contributed by atoms with van der Waals surface area (Å²) in [7, 11) is -3.61. The second-order valence-electron chi connectivity index (χ2n) is 6.34. The predicted molar refractivity (Wildman–Crippen MR) is 101 cm³/mol. The Morgan fingerprint density at radius 3 is 2.71 bits per heavy atom. The average molecular weight is 406 g/mol. The molecule has 28 heavy (non-hydrogen) atoms. The van der Waals surface area contributed by atoms with Crippen molar-refractivity contribution in [1.29, 1.82) is 0 Å². The van der Waals surface area contributed by atoms with Crippen LogP contribution in [0.25, 0.3) is 0 Å². The van der Waals surface area contributed by atoms with Crippen molar-refractivity contribution < 1.29 is 22.7 Å². The first-order chi connectivity index (χ1) is 13.4. The van der Waals surface area contributed by atoms with Crippen molar-refractivity contribution in [2.45, 2.75) is 31.3 Å². The van der Waals surface area contributed by atoms with Gasteiger partial charge in [-0.3, -0.25) is 4.79 Å². The molecule has 1 aliphatic rings. The molecule has 1 aromatic carbocycles. The van der Waals surface area contributed by atoms with E-state index < -0.39 is 16.0 Å². The quantitative estimate of drug-likeness (QED) is 0.698. The first kappa shape index (κ1) is 20.0. The Hall–Kier alpha value is -2.72. The zero-order valence-corrected chi connectivity index (χ0v) is 16.3. The maximum absolute atomic E-state index is 12.5. The van der Waals surface area contributed by atoms with Crippen LogP contribution in [0.2, 0.25) is 0 Å². The van der Waals surface area contributed by atoms with Gasteiger partial charge in [0.1, 0.15) is 6.54 Å². The number of imidazole rings is 1. The van der Waals surface area contributed by atoms with E-state index in [1.807, 2.05) is 0 Å². The van der Waals surface area contributed by atoms with Crippen LogP contribution >= 0.6 is 0 Å². The number of nitrogens with one attached hydrogen (secondary N) is 1. The molecule has 150 valence electrons. The standard InChI is InChI=1S/C18H22N4O5S/c1-2-27-18(24)14-6-5-7-15(10-14)20-16(23)11-21-12-17(19-13-21)28(25,26)22-8-3-4-9-22/h5-7,10,12-13H,2-4,8-9,11H2,1H3,(H,20,23). The molecular formula is C18H22N4O5S. The van der Waals surface area contributed by atoms with E-state index in [2.05, 4.69) is 10.3 Å². The summed E-state index contributed by atoms with van der Waals surface area (Å²) in [5, 5.41) is 2.61. The maximum atomic E-state index is 12.5. The summed E-state index contributed by atoms with van der Waals surface area (Å²) in [5.41, 5.74) is 0.779. The van der Waals surface area contributed by atoms with Gasteiger partial charge in [-0.25, -0.2) is 18.2 Å². The smallest absolute Gasteiger partial charge is 0.338 e. The van der Waals surface area contributed by atoms with E-state index in [9.17, 15) is 18.0 Å². The molecule has 0 spiro atoms. The highest BCUT2D eigenvalue weighted by atomic mass is 32.2. The number of rotatable bonds is 7. The summed E-state index contributed by atoms with van der Waals surface area (Å²) in [6.07, 6.45) is 4.35. The highest BCUT2D eigenvalue weighted by molar-refractivity contribution is 7.89. The van der Waals surface area contributed by atoms with Crippen molar-refractivity contribution in [3.05, 3.63) is 42.4 Å². The SMILES string of the molecule is CCOC(=O)c1cccc(NC(=O)Cn2cnc(S(=O)(=O)N3CCCC3)c2)c1. The Labute approximate surface area is 163 Å². The Balaban J connectivity index is 1.64. The number of ether oxygens (including phenoxy) is 1. The molecule has 1 N–H and O–H groups in total. The van der Waals surface area contributed by atoms with Gasteiger partial charge in [0, 0.05) is 25.0 Å². The molecule has 0 unspecified atom stereocenters. The molecule has 0 radical (unpaired) electrons. The van der Waals surface area contributed by atoms with Crippen LogP contribution < -0.4 is 5.32 Å². The lowest BCUT2D eigenvalue weighted by Crippen LogP contribution is -2.28. The molecule has 2 heterocycles. The van der Waals surface area contributed by atoms with Crippen LogP contribution in [0.4, 0.5) is 5.69 Å². The first-order valence-corrected chi connectivity index (χ1v) is 10.4. The molecule has 1 aromatic heterocycles. The molecule has 0 atom stereocenters. The molecule has 0 saturated carbocycles. The van der Waals surface area contributed by atoms with Gasteiger partial charge in [0.15, 0.2) is 5.03 Å². The third kappa shape index (κ3) is 4.57. The molecule has 3 rings (SSSR count). The van der Waals surface area contributed by atoms with Gasteiger partial charge in [-0.2, -0.15) is 4.31 Å². The lowest BCUT2D eigenvalue weighted by atomic mass is 10.2. The largest absolute Gasteiger partial charge is 0.462 e. The second-order valence-corrected chi connectivity index (χ2v) is 8.23. The van der Waals surface area contributed by atoms with Crippen LogP contribution in [0.3, 0.4) is 0 Å². The van der Waals surface area contributed by atoms with Gasteiger partial charge in [-0.05, 0) is 38.0 Å². The molecule has 2 aromatic rings. The normalized spacial score (nSPS) is 14.8. The maximum Gasteiger partial charge on any atom is 0.338 e. The zero-order chi connectivity index (χ0) is 20.1. The number of benzene rings is 1. The fourth-order valence-electron chi connectivity index (χ4n) is 2.92. The number of sulfonamides is 1. The van der Waals surface area contributed by atoms with Crippen LogP contribution in [-0.2, 0) is 26.1 Å². The number of esters is 1. The molecule has 10 heteroatoms. The van der Waals surface area contributed by atoms with E-state index in [0.717, 1.165) is 12.8 Å². The van der Waals surface area contributed by atoms with Crippen molar-refractivity contribution in [2.75, 3.05) is 25.0 Å². The van der Waals surface area contributed by atoms with E-state index in [0.29, 0.717) is 24.3 Å². The minimum atomic E-state index is -3.61. The van der Waals surface area contributed by atoms with Crippen molar-refractivity contribution in [1.82, 2.24) is 13.9 Å². The molecule has 1 saturated heterocycles. The van der Waals surface area contributed by atoms with Crippen LogP contribution in [0.5, 0.6) is 0 Å². The number of amides is 1. The van der Waals surface area contributed by atoms with Gasteiger partial charge in [-0.15, -0.1) is 0 Å². The lowest BCUT2D eigenvalue weighted by molar-refractivity contribution is -0.116. The van der Waals surface area contributed by atoms with E-state index >= 15 is 0 Å². The first-order valence-electron chi connectivity index (χ1n) is 8.99. The predicted octanol–water partition coefficient (Wildman–Crippen LogP) is 1.48. The Morgan fingerprint density at radius 1 is 1.25 bits per heavy atom. The summed E-state index contributed by atoms with van der Waals surface area (Å²) in [5.74, 6) is -0.839. The molecule has 0 bridgehead atoms. The number of carbonyl (C=O) groups excluding carboxylic acids is 2. The monoisotopic (exact) mass is 406 g/mol. The van der Waals surface area contributed by atoms with Crippen molar-refractivity contribution in [3.63, 3.8) is 0 Å². The molecule has 1 amide bonds. The van der Waals surface area contributed by atoms with Gasteiger partial charge in [0.2, 0.25) is 5.91 Å². The van der Waals surface area contributed by atoms with Gasteiger partial charge in [-0.1, -0.05) is 6.07 Å². The van der Waals surface area contributed by atoms with Crippen molar-refractivity contribution in [2.24, 2.45) is 0 Å². The molecule has 1 fully saturated rings. The van der Waals surface area contributed by atoms with Crippen LogP contribution in [0.15, 0.2) is 41.8 Å². The summed E-state index contributed by atoms with van der Waals surface area (Å²) in [6.45, 7) is 2.86. The average Bonchev–Trinajstić information content (AvgIpc) is 3.34. The summed E-state index contributed by atoms with van der Waals surface area (Å²) >= 11 is 0. The van der Waals surface area contributed by atoms with Crippen molar-refractivity contribution >= 4 is 27.6 Å². The van der Waals surface area contributed by atoms with Gasteiger partial charge in [0.05, 0.1) is 18.5 Å². The topological polar surface area (TPSA) is 111 Å². The van der Waals surface area contributed by atoms with Crippen LogP contribution in [0.1, 0.15) is 30.1 Å². The Morgan fingerprint density at radius 2 is 2.00 bits per heavy atom. The van der Waals surface area contributed by atoms with Gasteiger partial charge in [0.25, 0.3) is 10.0 Å². The highest BCUT2D eigenvalue weighted by Crippen LogP contribution is 2.19. The summed E-state index contributed by atoms with van der Waals surface area (Å²) in [6, 6.07) is 6.41. The summed E-state index contributed by atoms with van der Waals surface area (Å²) < 4.78 is 32.7. The molecule has 9 nitrogen and oxygen atoms in total. The zero-order valence-electron chi connectivity index (χ0n) is 15.5. The third-order valence-electron chi connectivity index (χ3n) is 4.26. The van der Waals surface area contributed by atoms with Crippen LogP contribution in [-0.4, -0.2) is 53.8 Å². The van der Waals surface area contributed by atoms with Crippen molar-refractivity contribution in [3.8, 4) is 0 Å². The number of carbonyl (C=O) groups is 2. The minimum absolute atomic E-state index is 0.0634. The number of nitrogens with zero attached hydrogens (tertiary/aromatic N) is 3. The van der Waals surface area contributed by atoms with E-state index in [1.165, 1.54) is 27.5 Å². The van der Waals surface area contributed by atoms with E-state index in [1.54, 1.807) is 25.1 Å².